The normalized spacial score (nSPS) is 26.1. The van der Waals surface area contributed by atoms with Crippen molar-refractivity contribution in [3.63, 3.8) is 0 Å². The van der Waals surface area contributed by atoms with Crippen molar-refractivity contribution in [1.29, 1.82) is 0 Å². The van der Waals surface area contributed by atoms with Crippen molar-refractivity contribution in [2.75, 3.05) is 45.1 Å². The molecule has 0 bridgehead atoms. The molecule has 1 aromatic carbocycles. The van der Waals surface area contributed by atoms with Gasteiger partial charge in [-0.15, -0.1) is 0 Å². The Bertz CT molecular complexity index is 1260. The Kier molecular flexibility index (Phi) is 6.37. The van der Waals surface area contributed by atoms with E-state index in [1.807, 2.05) is 6.20 Å². The number of aromatic nitrogens is 4. The van der Waals surface area contributed by atoms with Crippen LogP contribution in [0.4, 0.5) is 5.95 Å². The predicted octanol–water partition coefficient (Wildman–Crippen LogP) is 4.42. The van der Waals surface area contributed by atoms with E-state index in [1.54, 1.807) is 0 Å². The van der Waals surface area contributed by atoms with Gasteiger partial charge in [0.2, 0.25) is 5.95 Å². The number of nitrogens with one attached hydrogen (secondary N) is 1. The van der Waals surface area contributed by atoms with Crippen LogP contribution in [-0.2, 0) is 5.54 Å². The van der Waals surface area contributed by atoms with Crippen LogP contribution >= 0.6 is 0 Å². The monoisotopic (exact) mass is 515 g/mol. The zero-order valence-electron chi connectivity index (χ0n) is 22.6. The van der Waals surface area contributed by atoms with Crippen molar-refractivity contribution in [2.45, 2.75) is 75.5 Å². The number of nitrogens with zero attached hydrogens (tertiary/aromatic N) is 6. The van der Waals surface area contributed by atoms with Gasteiger partial charge in [-0.25, -0.2) is 9.67 Å². The summed E-state index contributed by atoms with van der Waals surface area (Å²) < 4.78 is 2.13. The van der Waals surface area contributed by atoms with E-state index in [1.165, 1.54) is 37.7 Å². The average molecular weight is 516 g/mol. The molecule has 3 saturated carbocycles. The highest BCUT2D eigenvalue weighted by atomic mass is 16.3. The lowest BCUT2D eigenvalue weighted by Gasteiger charge is -2.38. The summed E-state index contributed by atoms with van der Waals surface area (Å²) in [7, 11) is 2.22. The van der Waals surface area contributed by atoms with Crippen LogP contribution in [0.15, 0.2) is 30.5 Å². The molecular weight excluding hydrogens is 474 g/mol. The van der Waals surface area contributed by atoms with Crippen molar-refractivity contribution in [3.05, 3.63) is 36.0 Å². The molecule has 3 aliphatic carbocycles. The Morgan fingerprint density at radius 1 is 0.974 bits per heavy atom. The van der Waals surface area contributed by atoms with Gasteiger partial charge in [0.25, 0.3) is 0 Å². The summed E-state index contributed by atoms with van der Waals surface area (Å²) in [5, 5.41) is 19.7. The van der Waals surface area contributed by atoms with Gasteiger partial charge in [-0.2, -0.15) is 10.1 Å². The van der Waals surface area contributed by atoms with E-state index in [9.17, 15) is 5.11 Å². The summed E-state index contributed by atoms with van der Waals surface area (Å²) in [5.74, 6) is 1.57. The zero-order chi connectivity index (χ0) is 25.7. The van der Waals surface area contributed by atoms with Gasteiger partial charge in [-0.1, -0.05) is 37.1 Å². The minimum atomic E-state index is -0.190. The molecular formula is C30H41N7O. The minimum absolute atomic E-state index is 0.190. The van der Waals surface area contributed by atoms with Crippen molar-refractivity contribution in [3.8, 4) is 11.3 Å². The quantitative estimate of drug-likeness (QED) is 0.460. The van der Waals surface area contributed by atoms with Gasteiger partial charge in [0.05, 0.1) is 17.5 Å². The first-order valence-corrected chi connectivity index (χ1v) is 14.8. The second kappa shape index (κ2) is 9.88. The van der Waals surface area contributed by atoms with Gasteiger partial charge in [-0.05, 0) is 63.5 Å². The molecule has 8 heteroatoms. The number of hydrogen-bond acceptors (Lipinski definition) is 7. The van der Waals surface area contributed by atoms with E-state index in [2.05, 4.69) is 56.1 Å². The van der Waals surface area contributed by atoms with Gasteiger partial charge in [0.1, 0.15) is 5.69 Å². The SMILES string of the molecule is CN1CCN(C2(c3ccc(-c4nn(C5CCC(O)CC5)c5nc(NCCC6CC6)ncc45)cc3)CC2)CC1. The lowest BCUT2D eigenvalue weighted by molar-refractivity contribution is 0.0976. The molecule has 4 fully saturated rings. The molecule has 202 valence electrons. The van der Waals surface area contributed by atoms with Crippen molar-refractivity contribution < 1.29 is 5.11 Å². The number of likely N-dealkylation sites (N-methyl/N-ethyl adjacent to an activating group) is 1. The fourth-order valence-corrected chi connectivity index (χ4v) is 6.65. The van der Waals surface area contributed by atoms with E-state index in [4.69, 9.17) is 10.1 Å². The van der Waals surface area contributed by atoms with Gasteiger partial charge in [0.15, 0.2) is 5.65 Å². The Morgan fingerprint density at radius 3 is 2.39 bits per heavy atom. The lowest BCUT2D eigenvalue weighted by atomic mass is 9.93. The van der Waals surface area contributed by atoms with Crippen LogP contribution in [-0.4, -0.2) is 80.5 Å². The number of fused-ring (bicyclic) bond motifs is 1. The second-order valence-corrected chi connectivity index (χ2v) is 12.2. The highest BCUT2D eigenvalue weighted by Crippen LogP contribution is 2.51. The standard InChI is InChI=1S/C30H41N7O/c1-35-16-18-36(19-17-35)30(13-14-30)23-6-4-22(5-7-23)27-26-20-32-29(31-15-12-21-2-3-21)33-28(26)37(34-27)24-8-10-25(38)11-9-24/h4-7,20-21,24-25,38H,2-3,8-19H2,1H3,(H,31,32,33). The molecule has 1 saturated heterocycles. The van der Waals surface area contributed by atoms with Crippen LogP contribution in [0.3, 0.4) is 0 Å². The number of hydrogen-bond donors (Lipinski definition) is 2. The third-order valence-electron chi connectivity index (χ3n) is 9.52. The molecule has 3 heterocycles. The number of rotatable bonds is 8. The number of anilines is 1. The summed E-state index contributed by atoms with van der Waals surface area (Å²) in [6.45, 7) is 5.52. The third-order valence-corrected chi connectivity index (χ3v) is 9.52. The zero-order valence-corrected chi connectivity index (χ0v) is 22.6. The van der Waals surface area contributed by atoms with E-state index in [-0.39, 0.29) is 17.7 Å². The predicted molar refractivity (Wildman–Crippen MR) is 150 cm³/mol. The molecule has 4 aliphatic rings. The summed E-state index contributed by atoms with van der Waals surface area (Å²) in [4.78, 5) is 14.8. The van der Waals surface area contributed by atoms with Crippen molar-refractivity contribution >= 4 is 17.0 Å². The van der Waals surface area contributed by atoms with Crippen LogP contribution in [0.1, 0.15) is 69.4 Å². The number of aliphatic hydroxyl groups excluding tert-OH is 1. The largest absolute Gasteiger partial charge is 0.393 e. The maximum absolute atomic E-state index is 10.1. The average Bonchev–Trinajstić information content (AvgIpc) is 3.88. The fraction of sp³-hybridized carbons (Fsp3) is 0.633. The topological polar surface area (TPSA) is 82.3 Å². The highest BCUT2D eigenvalue weighted by Gasteiger charge is 2.49. The Morgan fingerprint density at radius 2 is 1.71 bits per heavy atom. The van der Waals surface area contributed by atoms with Crippen LogP contribution < -0.4 is 5.32 Å². The van der Waals surface area contributed by atoms with E-state index >= 15 is 0 Å². The lowest BCUT2D eigenvalue weighted by Crippen LogP contribution is -2.49. The van der Waals surface area contributed by atoms with Crippen molar-refractivity contribution in [2.24, 2.45) is 5.92 Å². The molecule has 0 amide bonds. The molecule has 8 nitrogen and oxygen atoms in total. The molecule has 7 rings (SSSR count). The number of benzene rings is 1. The first kappa shape index (κ1) is 24.5. The van der Waals surface area contributed by atoms with E-state index < -0.39 is 0 Å². The number of aliphatic hydroxyl groups is 1. The Labute approximate surface area is 225 Å². The second-order valence-electron chi connectivity index (χ2n) is 12.2. The van der Waals surface area contributed by atoms with Gasteiger partial charge >= 0.3 is 0 Å². The highest BCUT2D eigenvalue weighted by molar-refractivity contribution is 5.91. The van der Waals surface area contributed by atoms with Crippen LogP contribution in [0.5, 0.6) is 0 Å². The first-order valence-electron chi connectivity index (χ1n) is 14.8. The van der Waals surface area contributed by atoms with Crippen LogP contribution in [0.2, 0.25) is 0 Å². The third kappa shape index (κ3) is 4.71. The minimum Gasteiger partial charge on any atom is -0.393 e. The fourth-order valence-electron chi connectivity index (χ4n) is 6.65. The Balaban J connectivity index is 1.18. The van der Waals surface area contributed by atoms with Crippen LogP contribution in [0, 0.1) is 5.92 Å². The van der Waals surface area contributed by atoms with Gasteiger partial charge in [-0.3, -0.25) is 4.90 Å². The molecule has 2 aromatic heterocycles. The Hall–Kier alpha value is -2.55. The summed E-state index contributed by atoms with van der Waals surface area (Å²) >= 11 is 0. The molecule has 0 spiro atoms. The molecule has 0 radical (unpaired) electrons. The summed E-state index contributed by atoms with van der Waals surface area (Å²) in [5.41, 5.74) is 4.67. The molecule has 38 heavy (non-hydrogen) atoms. The van der Waals surface area contributed by atoms with Crippen molar-refractivity contribution in [1.82, 2.24) is 29.5 Å². The van der Waals surface area contributed by atoms with E-state index in [0.717, 1.165) is 86.6 Å². The summed E-state index contributed by atoms with van der Waals surface area (Å²) in [6, 6.07) is 9.43. The smallest absolute Gasteiger partial charge is 0.224 e. The maximum Gasteiger partial charge on any atom is 0.224 e. The summed E-state index contributed by atoms with van der Waals surface area (Å²) in [6.07, 6.45) is 11.7. The van der Waals surface area contributed by atoms with E-state index in [0.29, 0.717) is 5.95 Å². The molecule has 1 aliphatic heterocycles. The molecule has 0 atom stereocenters. The molecule has 2 N–H and O–H groups in total. The first-order chi connectivity index (χ1) is 18.6. The maximum atomic E-state index is 10.1. The van der Waals surface area contributed by atoms with Crippen LogP contribution in [0.25, 0.3) is 22.3 Å². The van der Waals surface area contributed by atoms with Gasteiger partial charge in [0, 0.05) is 50.0 Å². The molecule has 0 unspecified atom stereocenters. The number of piperazine rings is 1. The van der Waals surface area contributed by atoms with Gasteiger partial charge < -0.3 is 15.3 Å². The molecule has 3 aromatic rings.